The molecule has 6 heteroatoms. The van der Waals surface area contributed by atoms with E-state index in [-0.39, 0.29) is 17.2 Å². The largest absolute Gasteiger partial charge is 0.352 e. The lowest BCUT2D eigenvalue weighted by molar-refractivity contribution is -0.121. The summed E-state index contributed by atoms with van der Waals surface area (Å²) in [7, 11) is -1.97. The van der Waals surface area contributed by atoms with E-state index < -0.39 is 10.0 Å². The summed E-state index contributed by atoms with van der Waals surface area (Å²) < 4.78 is 26.2. The van der Waals surface area contributed by atoms with Gasteiger partial charge >= 0.3 is 0 Å². The molecule has 0 fully saturated rings. The van der Waals surface area contributed by atoms with Crippen LogP contribution in [-0.2, 0) is 21.4 Å². The molecule has 5 nitrogen and oxygen atoms in total. The summed E-state index contributed by atoms with van der Waals surface area (Å²) in [6.07, 6.45) is 0.744. The summed E-state index contributed by atoms with van der Waals surface area (Å²) in [5, 5.41) is 5.21. The molecule has 3 aromatic rings. The van der Waals surface area contributed by atoms with Crippen LogP contribution in [0.15, 0.2) is 77.7 Å². The fraction of sp³-hybridized carbons (Fsp3) is 0.227. The van der Waals surface area contributed by atoms with Gasteiger partial charge in [0.05, 0.1) is 4.90 Å². The van der Waals surface area contributed by atoms with E-state index in [0.29, 0.717) is 19.5 Å². The second kappa shape index (κ2) is 8.99. The van der Waals surface area contributed by atoms with Crippen molar-refractivity contribution in [1.29, 1.82) is 0 Å². The first-order valence-corrected chi connectivity index (χ1v) is 10.7. The number of fused-ring (bicyclic) bond motifs is 1. The van der Waals surface area contributed by atoms with Crippen LogP contribution in [0.2, 0.25) is 0 Å². The second-order valence-electron chi connectivity index (χ2n) is 6.70. The number of amides is 1. The van der Waals surface area contributed by atoms with Gasteiger partial charge in [0.25, 0.3) is 0 Å². The maximum absolute atomic E-state index is 12.5. The maximum atomic E-state index is 12.5. The summed E-state index contributed by atoms with van der Waals surface area (Å²) >= 11 is 0. The van der Waals surface area contributed by atoms with Crippen LogP contribution < -0.4 is 5.32 Å². The molecule has 0 aliphatic carbocycles. The zero-order valence-corrected chi connectivity index (χ0v) is 16.7. The molecule has 0 bridgehead atoms. The first kappa shape index (κ1) is 20.0. The summed E-state index contributed by atoms with van der Waals surface area (Å²) in [5.74, 6) is -0.0846. The van der Waals surface area contributed by atoms with Crippen molar-refractivity contribution >= 4 is 26.7 Å². The lowest BCUT2D eigenvalue weighted by Gasteiger charge is -2.17. The van der Waals surface area contributed by atoms with Crippen LogP contribution in [0.3, 0.4) is 0 Å². The van der Waals surface area contributed by atoms with Crippen LogP contribution in [0.1, 0.15) is 18.4 Å². The van der Waals surface area contributed by atoms with Crippen LogP contribution in [0.4, 0.5) is 0 Å². The van der Waals surface area contributed by atoms with E-state index in [0.717, 1.165) is 10.9 Å². The lowest BCUT2D eigenvalue weighted by atomic mass is 10.1. The third-order valence-electron chi connectivity index (χ3n) is 4.63. The number of carbonyl (C=O) groups is 1. The quantitative estimate of drug-likeness (QED) is 0.633. The van der Waals surface area contributed by atoms with Gasteiger partial charge in [0.2, 0.25) is 15.9 Å². The molecule has 3 rings (SSSR count). The molecular formula is C22H24N2O3S. The molecule has 0 aliphatic heterocycles. The van der Waals surface area contributed by atoms with Gasteiger partial charge in [-0.1, -0.05) is 54.6 Å². The van der Waals surface area contributed by atoms with Gasteiger partial charge in [-0.2, -0.15) is 0 Å². The maximum Gasteiger partial charge on any atom is 0.242 e. The molecule has 1 amide bonds. The molecule has 0 unspecified atom stereocenters. The Morgan fingerprint density at radius 3 is 2.36 bits per heavy atom. The molecular weight excluding hydrogens is 372 g/mol. The Labute approximate surface area is 166 Å². The minimum atomic E-state index is -3.51. The highest BCUT2D eigenvalue weighted by Crippen LogP contribution is 2.16. The van der Waals surface area contributed by atoms with E-state index in [1.54, 1.807) is 30.3 Å². The van der Waals surface area contributed by atoms with Crippen molar-refractivity contribution < 1.29 is 13.2 Å². The van der Waals surface area contributed by atoms with Gasteiger partial charge in [-0.05, 0) is 41.0 Å². The molecule has 0 heterocycles. The Morgan fingerprint density at radius 2 is 1.61 bits per heavy atom. The monoisotopic (exact) mass is 396 g/mol. The van der Waals surface area contributed by atoms with E-state index in [1.807, 2.05) is 30.3 Å². The van der Waals surface area contributed by atoms with Gasteiger partial charge in [-0.25, -0.2) is 12.7 Å². The Hall–Kier alpha value is -2.70. The molecule has 0 aliphatic rings. The molecule has 28 heavy (non-hydrogen) atoms. The van der Waals surface area contributed by atoms with Crippen molar-refractivity contribution in [2.24, 2.45) is 0 Å². The number of hydrogen-bond donors (Lipinski definition) is 1. The molecule has 3 aromatic carbocycles. The highest BCUT2D eigenvalue weighted by atomic mass is 32.2. The van der Waals surface area contributed by atoms with Gasteiger partial charge in [-0.15, -0.1) is 0 Å². The summed E-state index contributed by atoms with van der Waals surface area (Å²) in [6, 6.07) is 22.5. The zero-order chi connectivity index (χ0) is 20.0. The molecule has 146 valence electrons. The van der Waals surface area contributed by atoms with Gasteiger partial charge in [0.1, 0.15) is 0 Å². The van der Waals surface area contributed by atoms with Crippen LogP contribution in [0.5, 0.6) is 0 Å². The normalized spacial score (nSPS) is 11.6. The first-order valence-electron chi connectivity index (χ1n) is 9.22. The van der Waals surface area contributed by atoms with Crippen molar-refractivity contribution in [3.05, 3.63) is 78.4 Å². The third kappa shape index (κ3) is 4.97. The van der Waals surface area contributed by atoms with Crippen molar-refractivity contribution in [2.45, 2.75) is 24.3 Å². The molecule has 0 saturated heterocycles. The lowest BCUT2D eigenvalue weighted by Crippen LogP contribution is -2.29. The van der Waals surface area contributed by atoms with E-state index in [2.05, 4.69) is 17.4 Å². The SMILES string of the molecule is CN(CCCC(=O)NCc1ccc2ccccc2c1)S(=O)(=O)c1ccccc1. The minimum absolute atomic E-state index is 0.0846. The molecule has 0 aromatic heterocycles. The predicted molar refractivity (Wildman–Crippen MR) is 111 cm³/mol. The van der Waals surface area contributed by atoms with Crippen molar-refractivity contribution in [1.82, 2.24) is 9.62 Å². The Morgan fingerprint density at radius 1 is 0.929 bits per heavy atom. The number of hydrogen-bond acceptors (Lipinski definition) is 3. The average molecular weight is 397 g/mol. The fourth-order valence-corrected chi connectivity index (χ4v) is 4.22. The number of rotatable bonds is 8. The topological polar surface area (TPSA) is 66.5 Å². The van der Waals surface area contributed by atoms with E-state index >= 15 is 0 Å². The highest BCUT2D eigenvalue weighted by molar-refractivity contribution is 7.89. The number of nitrogens with one attached hydrogen (secondary N) is 1. The number of sulfonamides is 1. The summed E-state index contributed by atoms with van der Waals surface area (Å²) in [5.41, 5.74) is 1.04. The fourth-order valence-electron chi connectivity index (χ4n) is 2.99. The average Bonchev–Trinajstić information content (AvgIpc) is 2.72. The Bertz CT molecular complexity index is 1050. The summed E-state index contributed by atoms with van der Waals surface area (Å²) in [6.45, 7) is 0.752. The van der Waals surface area contributed by atoms with Crippen molar-refractivity contribution in [3.8, 4) is 0 Å². The first-order chi connectivity index (χ1) is 13.5. The molecule has 0 saturated carbocycles. The zero-order valence-electron chi connectivity index (χ0n) is 15.8. The number of carbonyl (C=O) groups excluding carboxylic acids is 1. The van der Waals surface area contributed by atoms with Crippen molar-refractivity contribution in [3.63, 3.8) is 0 Å². The number of nitrogens with zero attached hydrogens (tertiary/aromatic N) is 1. The summed E-state index contributed by atoms with van der Waals surface area (Å²) in [4.78, 5) is 12.4. The van der Waals surface area contributed by atoms with E-state index in [1.165, 1.54) is 16.7 Å². The molecule has 0 radical (unpaired) electrons. The van der Waals surface area contributed by atoms with Crippen LogP contribution in [0.25, 0.3) is 10.8 Å². The molecule has 0 spiro atoms. The Balaban J connectivity index is 1.46. The van der Waals surface area contributed by atoms with Crippen LogP contribution in [0, 0.1) is 0 Å². The van der Waals surface area contributed by atoms with Gasteiger partial charge < -0.3 is 5.32 Å². The standard InChI is InChI=1S/C22H24N2O3S/c1-24(28(26,27)21-10-3-2-4-11-21)15-7-12-22(25)23-17-18-13-14-19-8-5-6-9-20(19)16-18/h2-6,8-11,13-14,16H,7,12,15,17H2,1H3,(H,23,25). The predicted octanol–water partition coefficient (Wildman–Crippen LogP) is 3.56. The van der Waals surface area contributed by atoms with Crippen LogP contribution in [-0.4, -0.2) is 32.2 Å². The van der Waals surface area contributed by atoms with Gasteiger partial charge in [0.15, 0.2) is 0 Å². The third-order valence-corrected chi connectivity index (χ3v) is 6.50. The Kier molecular flexibility index (Phi) is 6.44. The molecule has 0 atom stereocenters. The molecule has 1 N–H and O–H groups in total. The van der Waals surface area contributed by atoms with Gasteiger partial charge in [0, 0.05) is 26.6 Å². The smallest absolute Gasteiger partial charge is 0.242 e. The van der Waals surface area contributed by atoms with E-state index in [9.17, 15) is 13.2 Å². The number of benzene rings is 3. The van der Waals surface area contributed by atoms with Crippen molar-refractivity contribution in [2.75, 3.05) is 13.6 Å². The minimum Gasteiger partial charge on any atom is -0.352 e. The van der Waals surface area contributed by atoms with E-state index in [4.69, 9.17) is 0 Å². The van der Waals surface area contributed by atoms with Crippen LogP contribution >= 0.6 is 0 Å². The van der Waals surface area contributed by atoms with Gasteiger partial charge in [-0.3, -0.25) is 4.79 Å². The second-order valence-corrected chi connectivity index (χ2v) is 8.75. The highest BCUT2D eigenvalue weighted by Gasteiger charge is 2.19.